The molecule has 2 saturated heterocycles. The first-order valence-corrected chi connectivity index (χ1v) is 10.5. The molecule has 2 aromatic carbocycles. The highest BCUT2D eigenvalue weighted by atomic mass is 16.5. The van der Waals surface area contributed by atoms with Crippen LogP contribution in [0.3, 0.4) is 0 Å². The van der Waals surface area contributed by atoms with Gasteiger partial charge < -0.3 is 19.3 Å². The van der Waals surface area contributed by atoms with Gasteiger partial charge in [-0.1, -0.05) is 18.2 Å². The molecule has 0 aliphatic carbocycles. The summed E-state index contributed by atoms with van der Waals surface area (Å²) in [6.07, 6.45) is 2.11. The molecule has 2 heterocycles. The second-order valence-electron chi connectivity index (χ2n) is 7.96. The van der Waals surface area contributed by atoms with E-state index in [4.69, 9.17) is 9.47 Å². The van der Waals surface area contributed by atoms with Gasteiger partial charge in [-0.25, -0.2) is 0 Å². The Balaban J connectivity index is 1.60. The van der Waals surface area contributed by atoms with Crippen molar-refractivity contribution < 1.29 is 19.1 Å². The van der Waals surface area contributed by atoms with Crippen molar-refractivity contribution in [2.45, 2.75) is 18.8 Å². The van der Waals surface area contributed by atoms with E-state index in [9.17, 15) is 9.59 Å². The third kappa shape index (κ3) is 3.99. The Bertz CT molecular complexity index is 906. The number of carbonyl (C=O) groups is 2. The van der Waals surface area contributed by atoms with Crippen LogP contribution < -0.4 is 9.47 Å². The van der Waals surface area contributed by atoms with E-state index in [0.29, 0.717) is 24.4 Å². The SMILES string of the molecule is COc1ccc(C2CN(C(=O)c3cccc(OC)c3)CC2C(=O)N2CCCC2)cc1. The average Bonchev–Trinajstić information content (AvgIpc) is 3.49. The lowest BCUT2D eigenvalue weighted by atomic mass is 9.88. The summed E-state index contributed by atoms with van der Waals surface area (Å²) in [5.74, 6) is 1.27. The number of methoxy groups -OCH3 is 2. The predicted molar refractivity (Wildman–Crippen MR) is 114 cm³/mol. The topological polar surface area (TPSA) is 59.1 Å². The van der Waals surface area contributed by atoms with E-state index in [-0.39, 0.29) is 23.7 Å². The van der Waals surface area contributed by atoms with Gasteiger partial charge in [0.1, 0.15) is 11.5 Å². The second kappa shape index (κ2) is 8.78. The maximum absolute atomic E-state index is 13.3. The van der Waals surface area contributed by atoms with Gasteiger partial charge in [0.25, 0.3) is 5.91 Å². The zero-order chi connectivity index (χ0) is 21.1. The van der Waals surface area contributed by atoms with Gasteiger partial charge in [-0.3, -0.25) is 9.59 Å². The lowest BCUT2D eigenvalue weighted by Gasteiger charge is -2.24. The molecule has 2 aromatic rings. The summed E-state index contributed by atoms with van der Waals surface area (Å²) in [4.78, 5) is 30.3. The lowest BCUT2D eigenvalue weighted by molar-refractivity contribution is -0.134. The number of likely N-dealkylation sites (tertiary alicyclic amines) is 2. The molecule has 0 bridgehead atoms. The maximum atomic E-state index is 13.3. The molecule has 158 valence electrons. The van der Waals surface area contributed by atoms with Gasteiger partial charge in [0.15, 0.2) is 0 Å². The van der Waals surface area contributed by atoms with Crippen LogP contribution in [0.1, 0.15) is 34.7 Å². The van der Waals surface area contributed by atoms with Gasteiger partial charge in [0, 0.05) is 37.7 Å². The molecule has 0 radical (unpaired) electrons. The van der Waals surface area contributed by atoms with Gasteiger partial charge in [0.2, 0.25) is 5.91 Å². The molecule has 2 aliphatic rings. The summed E-state index contributed by atoms with van der Waals surface area (Å²) in [6, 6.07) is 15.0. The maximum Gasteiger partial charge on any atom is 0.254 e. The first kappa shape index (κ1) is 20.3. The number of hydrogen-bond donors (Lipinski definition) is 0. The van der Waals surface area contributed by atoms with Crippen molar-refractivity contribution in [3.05, 3.63) is 59.7 Å². The third-order valence-electron chi connectivity index (χ3n) is 6.20. The Morgan fingerprint density at radius 3 is 2.23 bits per heavy atom. The van der Waals surface area contributed by atoms with Crippen LogP contribution in [0, 0.1) is 5.92 Å². The molecule has 0 spiro atoms. The van der Waals surface area contributed by atoms with Crippen LogP contribution in [-0.4, -0.2) is 62.0 Å². The van der Waals surface area contributed by atoms with Crippen molar-refractivity contribution in [1.29, 1.82) is 0 Å². The van der Waals surface area contributed by atoms with Crippen LogP contribution >= 0.6 is 0 Å². The summed E-state index contributed by atoms with van der Waals surface area (Å²) < 4.78 is 10.5. The molecule has 4 rings (SSSR count). The summed E-state index contributed by atoms with van der Waals surface area (Å²) >= 11 is 0. The van der Waals surface area contributed by atoms with Crippen LogP contribution in [0.2, 0.25) is 0 Å². The number of nitrogens with zero attached hydrogens (tertiary/aromatic N) is 2. The Kier molecular flexibility index (Phi) is 5.93. The van der Waals surface area contributed by atoms with Crippen LogP contribution in [0.5, 0.6) is 11.5 Å². The Labute approximate surface area is 177 Å². The lowest BCUT2D eigenvalue weighted by Crippen LogP contribution is -2.37. The van der Waals surface area contributed by atoms with E-state index in [0.717, 1.165) is 37.2 Å². The Morgan fingerprint density at radius 1 is 0.867 bits per heavy atom. The minimum absolute atomic E-state index is 0.0291. The number of ether oxygens (including phenoxy) is 2. The van der Waals surface area contributed by atoms with Crippen LogP contribution in [-0.2, 0) is 4.79 Å². The number of hydrogen-bond acceptors (Lipinski definition) is 4. The first-order valence-electron chi connectivity index (χ1n) is 10.5. The number of rotatable bonds is 5. The van der Waals surface area contributed by atoms with Gasteiger partial charge in [-0.05, 0) is 48.7 Å². The number of carbonyl (C=O) groups excluding carboxylic acids is 2. The molecule has 2 amide bonds. The van der Waals surface area contributed by atoms with Gasteiger partial charge >= 0.3 is 0 Å². The van der Waals surface area contributed by atoms with Crippen LogP contribution in [0.25, 0.3) is 0 Å². The van der Waals surface area contributed by atoms with Crippen molar-refractivity contribution in [3.63, 3.8) is 0 Å². The number of benzene rings is 2. The summed E-state index contributed by atoms with van der Waals surface area (Å²) in [6.45, 7) is 2.58. The zero-order valence-corrected chi connectivity index (χ0v) is 17.5. The fourth-order valence-electron chi connectivity index (χ4n) is 4.52. The van der Waals surface area contributed by atoms with Crippen molar-refractivity contribution in [3.8, 4) is 11.5 Å². The van der Waals surface area contributed by atoms with E-state index in [1.165, 1.54) is 0 Å². The van der Waals surface area contributed by atoms with Gasteiger partial charge in [0.05, 0.1) is 20.1 Å². The Hall–Kier alpha value is -3.02. The van der Waals surface area contributed by atoms with E-state index in [1.54, 1.807) is 26.4 Å². The predicted octanol–water partition coefficient (Wildman–Crippen LogP) is 3.18. The fourth-order valence-corrected chi connectivity index (χ4v) is 4.52. The zero-order valence-electron chi connectivity index (χ0n) is 17.5. The van der Waals surface area contributed by atoms with Crippen LogP contribution in [0.15, 0.2) is 48.5 Å². The largest absolute Gasteiger partial charge is 0.497 e. The van der Waals surface area contributed by atoms with E-state index in [1.807, 2.05) is 46.2 Å². The highest BCUT2D eigenvalue weighted by molar-refractivity contribution is 5.95. The highest BCUT2D eigenvalue weighted by Crippen LogP contribution is 2.36. The molecule has 2 atom stereocenters. The van der Waals surface area contributed by atoms with Crippen molar-refractivity contribution in [2.24, 2.45) is 5.92 Å². The third-order valence-corrected chi connectivity index (χ3v) is 6.20. The Morgan fingerprint density at radius 2 is 1.57 bits per heavy atom. The summed E-state index contributed by atoms with van der Waals surface area (Å²) in [5, 5.41) is 0. The molecule has 30 heavy (non-hydrogen) atoms. The van der Waals surface area contributed by atoms with E-state index in [2.05, 4.69) is 0 Å². The highest BCUT2D eigenvalue weighted by Gasteiger charge is 2.42. The smallest absolute Gasteiger partial charge is 0.254 e. The summed E-state index contributed by atoms with van der Waals surface area (Å²) in [5.41, 5.74) is 1.64. The molecule has 0 saturated carbocycles. The standard InChI is InChI=1S/C24H28N2O4/c1-29-19-10-8-17(9-11-19)21-15-26(16-22(21)24(28)25-12-3-4-13-25)23(27)18-6-5-7-20(14-18)30-2/h5-11,14,21-22H,3-4,12-13,15-16H2,1-2H3. The van der Waals surface area contributed by atoms with Crippen LogP contribution in [0.4, 0.5) is 0 Å². The van der Waals surface area contributed by atoms with Crippen molar-refractivity contribution >= 4 is 11.8 Å². The molecule has 6 heteroatoms. The quantitative estimate of drug-likeness (QED) is 0.763. The molecule has 0 N–H and O–H groups in total. The molecule has 2 unspecified atom stereocenters. The summed E-state index contributed by atoms with van der Waals surface area (Å²) in [7, 11) is 3.22. The normalized spacial score (nSPS) is 21.0. The molecule has 0 aromatic heterocycles. The fraction of sp³-hybridized carbons (Fsp3) is 0.417. The second-order valence-corrected chi connectivity index (χ2v) is 7.96. The number of amides is 2. The monoisotopic (exact) mass is 408 g/mol. The molecule has 2 aliphatic heterocycles. The molecule has 6 nitrogen and oxygen atoms in total. The molecule has 2 fully saturated rings. The average molecular weight is 408 g/mol. The van der Waals surface area contributed by atoms with E-state index >= 15 is 0 Å². The first-order chi connectivity index (χ1) is 14.6. The van der Waals surface area contributed by atoms with Crippen molar-refractivity contribution in [1.82, 2.24) is 9.80 Å². The van der Waals surface area contributed by atoms with Crippen molar-refractivity contribution in [2.75, 3.05) is 40.4 Å². The van der Waals surface area contributed by atoms with E-state index < -0.39 is 0 Å². The van der Waals surface area contributed by atoms with Gasteiger partial charge in [-0.15, -0.1) is 0 Å². The minimum Gasteiger partial charge on any atom is -0.497 e. The molecular formula is C24H28N2O4. The molecular weight excluding hydrogens is 380 g/mol. The minimum atomic E-state index is -0.231. The van der Waals surface area contributed by atoms with Gasteiger partial charge in [-0.2, -0.15) is 0 Å².